The van der Waals surface area contributed by atoms with Crippen LogP contribution in [-0.4, -0.2) is 62.8 Å². The van der Waals surface area contributed by atoms with Gasteiger partial charge in [0.15, 0.2) is 23.2 Å². The van der Waals surface area contributed by atoms with Gasteiger partial charge in [0.1, 0.15) is 5.75 Å². The number of ether oxygens (including phenoxy) is 3. The van der Waals surface area contributed by atoms with Gasteiger partial charge in [-0.1, -0.05) is 43.4 Å². The molecule has 1 heterocycles. The summed E-state index contributed by atoms with van der Waals surface area (Å²) in [6.45, 7) is 7.32. The van der Waals surface area contributed by atoms with Gasteiger partial charge < -0.3 is 19.1 Å². The summed E-state index contributed by atoms with van der Waals surface area (Å²) in [6, 6.07) is 13.1. The minimum Gasteiger partial charge on any atom is -0.493 e. The number of fused-ring (bicyclic) bond motifs is 1. The summed E-state index contributed by atoms with van der Waals surface area (Å²) in [4.78, 5) is 21.8. The Bertz CT molecular complexity index is 948. The van der Waals surface area contributed by atoms with Gasteiger partial charge in [-0.15, -0.1) is 0 Å². The first-order valence-electron chi connectivity index (χ1n) is 10.3. The molecule has 0 atom stereocenters. The lowest BCUT2D eigenvalue weighted by Crippen LogP contribution is -2.41. The number of methoxy groups -OCH3 is 2. The highest BCUT2D eigenvalue weighted by atomic mass is 32.1. The second-order valence-corrected chi connectivity index (χ2v) is 7.85. The van der Waals surface area contributed by atoms with Crippen molar-refractivity contribution in [1.82, 2.24) is 9.88 Å². The fourth-order valence-electron chi connectivity index (χ4n) is 3.21. The number of carbonyl (C=O) groups is 1. The summed E-state index contributed by atoms with van der Waals surface area (Å²) in [7, 11) is 3.20. The van der Waals surface area contributed by atoms with E-state index < -0.39 is 0 Å². The van der Waals surface area contributed by atoms with E-state index in [1.54, 1.807) is 19.1 Å². The van der Waals surface area contributed by atoms with Crippen LogP contribution in [0.3, 0.4) is 0 Å². The third kappa shape index (κ3) is 5.65. The number of nitrogens with zero attached hydrogens (tertiary/aromatic N) is 3. The van der Waals surface area contributed by atoms with Gasteiger partial charge >= 0.3 is 0 Å². The molecule has 0 saturated carbocycles. The van der Waals surface area contributed by atoms with E-state index in [-0.39, 0.29) is 12.5 Å². The van der Waals surface area contributed by atoms with Gasteiger partial charge in [-0.05, 0) is 25.2 Å². The Hall–Kier alpha value is -2.84. The van der Waals surface area contributed by atoms with Gasteiger partial charge in [0, 0.05) is 25.2 Å². The Kier molecular flexibility index (Phi) is 8.08. The van der Waals surface area contributed by atoms with Crippen molar-refractivity contribution in [2.24, 2.45) is 0 Å². The lowest BCUT2D eigenvalue weighted by molar-refractivity contribution is -0.120. The Labute approximate surface area is 187 Å². The van der Waals surface area contributed by atoms with E-state index in [4.69, 9.17) is 19.2 Å². The number of likely N-dealkylation sites (N-methyl/N-ethyl adjacent to an activating group) is 1. The first-order valence-corrected chi connectivity index (χ1v) is 11.1. The predicted molar refractivity (Wildman–Crippen MR) is 125 cm³/mol. The van der Waals surface area contributed by atoms with Crippen LogP contribution in [0, 0.1) is 0 Å². The molecule has 0 aliphatic carbocycles. The Morgan fingerprint density at radius 3 is 2.32 bits per heavy atom. The van der Waals surface area contributed by atoms with Gasteiger partial charge in [0.25, 0.3) is 5.91 Å². The van der Waals surface area contributed by atoms with Crippen LogP contribution in [0.4, 0.5) is 5.13 Å². The molecule has 0 radical (unpaired) electrons. The Balaban J connectivity index is 1.86. The molecular formula is C23H29N3O4S. The third-order valence-corrected chi connectivity index (χ3v) is 6.10. The zero-order chi connectivity index (χ0) is 22.2. The molecule has 0 unspecified atom stereocenters. The average molecular weight is 444 g/mol. The predicted octanol–water partition coefficient (Wildman–Crippen LogP) is 4.07. The van der Waals surface area contributed by atoms with Crippen LogP contribution in [0.1, 0.15) is 13.8 Å². The summed E-state index contributed by atoms with van der Waals surface area (Å²) >= 11 is 1.46. The second kappa shape index (κ2) is 11.0. The van der Waals surface area contributed by atoms with Gasteiger partial charge in [-0.25, -0.2) is 4.98 Å². The topological polar surface area (TPSA) is 64.1 Å². The highest BCUT2D eigenvalue weighted by molar-refractivity contribution is 7.22. The first-order chi connectivity index (χ1) is 15.1. The fraction of sp³-hybridized carbons (Fsp3) is 0.391. The molecule has 0 aliphatic rings. The van der Waals surface area contributed by atoms with Crippen LogP contribution in [-0.2, 0) is 4.79 Å². The van der Waals surface area contributed by atoms with E-state index in [1.807, 2.05) is 42.5 Å². The normalized spacial score (nSPS) is 11.0. The minimum atomic E-state index is -0.131. The Morgan fingerprint density at radius 1 is 1.00 bits per heavy atom. The van der Waals surface area contributed by atoms with Crippen molar-refractivity contribution >= 4 is 32.6 Å². The lowest BCUT2D eigenvalue weighted by Gasteiger charge is -2.24. The highest BCUT2D eigenvalue weighted by Gasteiger charge is 2.22. The molecule has 0 bridgehead atoms. The zero-order valence-electron chi connectivity index (χ0n) is 18.5. The van der Waals surface area contributed by atoms with Gasteiger partial charge in [-0.2, -0.15) is 0 Å². The minimum absolute atomic E-state index is 0.0508. The number of thiazole rings is 1. The van der Waals surface area contributed by atoms with Crippen LogP contribution in [0.5, 0.6) is 17.2 Å². The van der Waals surface area contributed by atoms with Crippen LogP contribution in [0.25, 0.3) is 10.2 Å². The molecule has 3 aromatic rings. The standard InChI is InChI=1S/C23H29N3O4S/c1-5-25(6-2)12-13-26(22(27)16-30-17-10-8-7-9-11-17)23-24-18-14-19(28-3)20(29-4)15-21(18)31-23/h7-11,14-15H,5-6,12-13,16H2,1-4H3. The molecule has 7 nitrogen and oxygen atoms in total. The summed E-state index contributed by atoms with van der Waals surface area (Å²) in [5.41, 5.74) is 0.766. The van der Waals surface area contributed by atoms with Crippen molar-refractivity contribution in [2.75, 3.05) is 51.9 Å². The van der Waals surface area contributed by atoms with Crippen LogP contribution >= 0.6 is 11.3 Å². The van der Waals surface area contributed by atoms with Gasteiger partial charge in [0.05, 0.1) is 24.4 Å². The molecule has 3 rings (SSSR count). The van der Waals surface area contributed by atoms with E-state index in [0.29, 0.717) is 28.9 Å². The van der Waals surface area contributed by atoms with E-state index in [9.17, 15) is 4.79 Å². The molecule has 0 fully saturated rings. The number of aromatic nitrogens is 1. The van der Waals surface area contributed by atoms with Crippen molar-refractivity contribution in [2.45, 2.75) is 13.8 Å². The van der Waals surface area contributed by atoms with E-state index in [0.717, 1.165) is 29.9 Å². The fourth-order valence-corrected chi connectivity index (χ4v) is 4.23. The number of hydrogen-bond donors (Lipinski definition) is 0. The maximum absolute atomic E-state index is 13.1. The number of para-hydroxylation sites is 1. The average Bonchev–Trinajstić information content (AvgIpc) is 3.22. The molecule has 2 aromatic carbocycles. The number of anilines is 1. The monoisotopic (exact) mass is 443 g/mol. The molecule has 0 aliphatic heterocycles. The third-order valence-electron chi connectivity index (χ3n) is 5.05. The van der Waals surface area contributed by atoms with Gasteiger partial charge in [-0.3, -0.25) is 9.69 Å². The number of rotatable bonds is 11. The Morgan fingerprint density at radius 2 is 1.68 bits per heavy atom. The van der Waals surface area contributed by atoms with Crippen molar-refractivity contribution < 1.29 is 19.0 Å². The molecule has 166 valence electrons. The molecule has 1 amide bonds. The van der Waals surface area contributed by atoms with Crippen LogP contribution in [0.2, 0.25) is 0 Å². The zero-order valence-corrected chi connectivity index (χ0v) is 19.3. The molecule has 31 heavy (non-hydrogen) atoms. The molecule has 8 heteroatoms. The number of benzene rings is 2. The second-order valence-electron chi connectivity index (χ2n) is 6.85. The summed E-state index contributed by atoms with van der Waals surface area (Å²) in [5, 5.41) is 0.638. The molecule has 0 N–H and O–H groups in total. The molecule has 1 aromatic heterocycles. The number of carbonyl (C=O) groups excluding carboxylic acids is 1. The van der Waals surface area contributed by atoms with Crippen LogP contribution < -0.4 is 19.1 Å². The van der Waals surface area contributed by atoms with E-state index >= 15 is 0 Å². The van der Waals surface area contributed by atoms with E-state index in [1.165, 1.54) is 11.3 Å². The number of hydrogen-bond acceptors (Lipinski definition) is 7. The largest absolute Gasteiger partial charge is 0.493 e. The van der Waals surface area contributed by atoms with Crippen molar-refractivity contribution in [3.05, 3.63) is 42.5 Å². The van der Waals surface area contributed by atoms with E-state index in [2.05, 4.69) is 18.7 Å². The van der Waals surface area contributed by atoms with Crippen LogP contribution in [0.15, 0.2) is 42.5 Å². The SMILES string of the molecule is CCN(CC)CCN(C(=O)COc1ccccc1)c1nc2cc(OC)c(OC)cc2s1. The van der Waals surface area contributed by atoms with Gasteiger partial charge in [0.2, 0.25) is 0 Å². The van der Waals surface area contributed by atoms with Crippen molar-refractivity contribution in [1.29, 1.82) is 0 Å². The van der Waals surface area contributed by atoms with Crippen molar-refractivity contribution in [3.63, 3.8) is 0 Å². The lowest BCUT2D eigenvalue weighted by atomic mass is 10.3. The first kappa shape index (κ1) is 22.8. The maximum atomic E-state index is 13.1. The highest BCUT2D eigenvalue weighted by Crippen LogP contribution is 2.37. The molecular weight excluding hydrogens is 414 g/mol. The summed E-state index contributed by atoms with van der Waals surface area (Å²) in [6.07, 6.45) is 0. The smallest absolute Gasteiger partial charge is 0.266 e. The van der Waals surface area contributed by atoms with Crippen molar-refractivity contribution in [3.8, 4) is 17.2 Å². The summed E-state index contributed by atoms with van der Waals surface area (Å²) in [5.74, 6) is 1.78. The maximum Gasteiger partial charge on any atom is 0.266 e. The summed E-state index contributed by atoms with van der Waals surface area (Å²) < 4.78 is 17.4. The molecule has 0 saturated heterocycles. The molecule has 0 spiro atoms. The number of amides is 1. The quantitative estimate of drug-likeness (QED) is 0.445.